The fraction of sp³-hybridized carbons (Fsp3) is 0. The highest BCUT2D eigenvalue weighted by Crippen LogP contribution is 2.21. The minimum absolute atomic E-state index is 0.716. The van der Waals surface area contributed by atoms with Crippen LogP contribution in [0.1, 0.15) is 0 Å². The molecule has 0 atom stereocenters. The molecule has 0 saturated carbocycles. The van der Waals surface area contributed by atoms with Crippen LogP contribution in [0.3, 0.4) is 0 Å². The van der Waals surface area contributed by atoms with Crippen molar-refractivity contribution >= 4 is 28.1 Å². The largest absolute Gasteiger partial charge is 0.399 e. The SMILES string of the molecule is Nc1cccc(-n2ccc(Nc3ccc4[nH]ncc4c3)n2)c1. The van der Waals surface area contributed by atoms with Crippen LogP contribution >= 0.6 is 0 Å². The summed E-state index contributed by atoms with van der Waals surface area (Å²) in [7, 11) is 0. The highest BCUT2D eigenvalue weighted by molar-refractivity contribution is 5.82. The van der Waals surface area contributed by atoms with E-state index in [1.807, 2.05) is 54.7 Å². The quantitative estimate of drug-likeness (QED) is 0.506. The molecule has 108 valence electrons. The molecule has 0 amide bonds. The van der Waals surface area contributed by atoms with E-state index in [2.05, 4.69) is 20.6 Å². The van der Waals surface area contributed by atoms with Gasteiger partial charge in [0, 0.05) is 29.0 Å². The van der Waals surface area contributed by atoms with Crippen molar-refractivity contribution in [3.05, 3.63) is 60.9 Å². The van der Waals surface area contributed by atoms with Gasteiger partial charge in [0.05, 0.1) is 17.4 Å². The third-order valence-electron chi connectivity index (χ3n) is 3.44. The van der Waals surface area contributed by atoms with Crippen LogP contribution in [-0.2, 0) is 0 Å². The van der Waals surface area contributed by atoms with Gasteiger partial charge in [-0.1, -0.05) is 6.07 Å². The number of nitrogens with two attached hydrogens (primary N) is 1. The van der Waals surface area contributed by atoms with E-state index >= 15 is 0 Å². The molecule has 0 saturated heterocycles. The van der Waals surface area contributed by atoms with Crippen molar-refractivity contribution in [2.75, 3.05) is 11.1 Å². The molecule has 0 aliphatic carbocycles. The zero-order chi connectivity index (χ0) is 14.9. The Morgan fingerprint density at radius 3 is 2.95 bits per heavy atom. The first kappa shape index (κ1) is 12.5. The van der Waals surface area contributed by atoms with Crippen molar-refractivity contribution in [2.45, 2.75) is 0 Å². The molecular formula is C16H14N6. The van der Waals surface area contributed by atoms with E-state index < -0.39 is 0 Å². The molecule has 4 rings (SSSR count). The van der Waals surface area contributed by atoms with Gasteiger partial charge in [0.25, 0.3) is 0 Å². The van der Waals surface area contributed by atoms with Gasteiger partial charge in [0.15, 0.2) is 5.82 Å². The molecule has 22 heavy (non-hydrogen) atoms. The van der Waals surface area contributed by atoms with Crippen LogP contribution < -0.4 is 11.1 Å². The molecule has 0 bridgehead atoms. The predicted octanol–water partition coefficient (Wildman–Crippen LogP) is 3.07. The summed E-state index contributed by atoms with van der Waals surface area (Å²) < 4.78 is 1.79. The average molecular weight is 290 g/mol. The smallest absolute Gasteiger partial charge is 0.152 e. The second kappa shape index (κ2) is 4.92. The second-order valence-corrected chi connectivity index (χ2v) is 5.04. The first-order chi connectivity index (χ1) is 10.8. The minimum Gasteiger partial charge on any atom is -0.399 e. The Kier molecular flexibility index (Phi) is 2.79. The lowest BCUT2D eigenvalue weighted by Gasteiger charge is -2.04. The number of hydrogen-bond acceptors (Lipinski definition) is 4. The van der Waals surface area contributed by atoms with Gasteiger partial charge in [-0.15, -0.1) is 0 Å². The van der Waals surface area contributed by atoms with E-state index in [1.54, 1.807) is 10.9 Å². The summed E-state index contributed by atoms with van der Waals surface area (Å²) in [6, 6.07) is 15.5. The fourth-order valence-corrected chi connectivity index (χ4v) is 2.37. The molecule has 0 aliphatic rings. The highest BCUT2D eigenvalue weighted by atomic mass is 15.3. The number of aromatic nitrogens is 4. The molecule has 6 nitrogen and oxygen atoms in total. The van der Waals surface area contributed by atoms with Crippen molar-refractivity contribution < 1.29 is 0 Å². The van der Waals surface area contributed by atoms with Crippen LogP contribution in [0.2, 0.25) is 0 Å². The summed E-state index contributed by atoms with van der Waals surface area (Å²) in [5, 5.41) is 15.8. The number of nitrogens with one attached hydrogen (secondary N) is 2. The molecule has 4 N–H and O–H groups in total. The van der Waals surface area contributed by atoms with E-state index in [4.69, 9.17) is 5.73 Å². The van der Waals surface area contributed by atoms with Gasteiger partial charge in [-0.3, -0.25) is 5.10 Å². The van der Waals surface area contributed by atoms with Crippen LogP contribution in [-0.4, -0.2) is 20.0 Å². The maximum Gasteiger partial charge on any atom is 0.152 e. The third kappa shape index (κ3) is 2.26. The van der Waals surface area contributed by atoms with E-state index in [1.165, 1.54) is 0 Å². The van der Waals surface area contributed by atoms with E-state index in [9.17, 15) is 0 Å². The maximum atomic E-state index is 5.80. The van der Waals surface area contributed by atoms with Crippen molar-refractivity contribution in [3.8, 4) is 5.69 Å². The third-order valence-corrected chi connectivity index (χ3v) is 3.44. The number of rotatable bonds is 3. The Balaban J connectivity index is 1.61. The first-order valence-corrected chi connectivity index (χ1v) is 6.90. The van der Waals surface area contributed by atoms with Gasteiger partial charge in [0.1, 0.15) is 0 Å². The van der Waals surface area contributed by atoms with Gasteiger partial charge in [0.2, 0.25) is 0 Å². The molecule has 0 spiro atoms. The van der Waals surface area contributed by atoms with Crippen LogP contribution in [0, 0.1) is 0 Å². The number of fused-ring (bicyclic) bond motifs is 1. The lowest BCUT2D eigenvalue weighted by atomic mass is 10.2. The van der Waals surface area contributed by atoms with Crippen molar-refractivity contribution in [1.82, 2.24) is 20.0 Å². The maximum absolute atomic E-state index is 5.80. The predicted molar refractivity (Wildman–Crippen MR) is 87.4 cm³/mol. The molecule has 0 fully saturated rings. The number of nitrogen functional groups attached to an aromatic ring is 1. The molecule has 0 unspecified atom stereocenters. The minimum atomic E-state index is 0.716. The topological polar surface area (TPSA) is 84.5 Å². The standard InChI is InChI=1S/C16H14N6/c17-12-2-1-3-14(9-12)22-7-6-16(21-22)19-13-4-5-15-11(8-13)10-18-20-15/h1-10H,17H2,(H,18,20)(H,19,21). The van der Waals surface area contributed by atoms with Crippen molar-refractivity contribution in [3.63, 3.8) is 0 Å². The highest BCUT2D eigenvalue weighted by Gasteiger charge is 2.03. The van der Waals surface area contributed by atoms with Crippen molar-refractivity contribution in [2.24, 2.45) is 0 Å². The fourth-order valence-electron chi connectivity index (χ4n) is 2.37. The Labute approximate surface area is 126 Å². The van der Waals surface area contributed by atoms with Crippen LogP contribution in [0.4, 0.5) is 17.2 Å². The Hall–Kier alpha value is -3.28. The summed E-state index contributed by atoms with van der Waals surface area (Å²) in [4.78, 5) is 0. The lowest BCUT2D eigenvalue weighted by molar-refractivity contribution is 0.885. The molecule has 0 aliphatic heterocycles. The number of anilines is 3. The summed E-state index contributed by atoms with van der Waals surface area (Å²) in [5.74, 6) is 0.769. The zero-order valence-corrected chi connectivity index (χ0v) is 11.7. The summed E-state index contributed by atoms with van der Waals surface area (Å²) in [6.45, 7) is 0. The Morgan fingerprint density at radius 2 is 2.05 bits per heavy atom. The van der Waals surface area contributed by atoms with Gasteiger partial charge in [-0.05, 0) is 36.4 Å². The van der Waals surface area contributed by atoms with Crippen molar-refractivity contribution in [1.29, 1.82) is 0 Å². The van der Waals surface area contributed by atoms with Gasteiger partial charge in [-0.25, -0.2) is 4.68 Å². The molecule has 0 radical (unpaired) electrons. The number of hydrogen-bond donors (Lipinski definition) is 3. The number of aromatic amines is 1. The molecule has 6 heteroatoms. The lowest BCUT2D eigenvalue weighted by Crippen LogP contribution is -1.98. The second-order valence-electron chi connectivity index (χ2n) is 5.04. The van der Waals surface area contributed by atoms with Gasteiger partial charge in [-0.2, -0.15) is 10.2 Å². The molecular weight excluding hydrogens is 276 g/mol. The van der Waals surface area contributed by atoms with E-state index in [0.29, 0.717) is 5.69 Å². The monoisotopic (exact) mass is 290 g/mol. The number of H-pyrrole nitrogens is 1. The molecule has 2 aromatic heterocycles. The van der Waals surface area contributed by atoms with Gasteiger partial charge < -0.3 is 11.1 Å². The Bertz CT molecular complexity index is 936. The summed E-state index contributed by atoms with van der Waals surface area (Å²) in [5.41, 5.74) is 9.42. The molecule has 2 aromatic carbocycles. The molecule has 4 aromatic rings. The number of nitrogens with zero attached hydrogens (tertiary/aromatic N) is 3. The summed E-state index contributed by atoms with van der Waals surface area (Å²) >= 11 is 0. The zero-order valence-electron chi connectivity index (χ0n) is 11.7. The van der Waals surface area contributed by atoms with Gasteiger partial charge >= 0.3 is 0 Å². The first-order valence-electron chi connectivity index (χ1n) is 6.90. The number of benzene rings is 2. The van der Waals surface area contributed by atoms with E-state index in [-0.39, 0.29) is 0 Å². The summed E-state index contributed by atoms with van der Waals surface area (Å²) in [6.07, 6.45) is 3.69. The normalized spacial score (nSPS) is 10.9. The van der Waals surface area contributed by atoms with E-state index in [0.717, 1.165) is 28.1 Å². The average Bonchev–Trinajstić information content (AvgIpc) is 3.16. The van der Waals surface area contributed by atoms with Crippen LogP contribution in [0.15, 0.2) is 60.9 Å². The van der Waals surface area contributed by atoms with Crippen LogP contribution in [0.5, 0.6) is 0 Å². The van der Waals surface area contributed by atoms with Crippen LogP contribution in [0.25, 0.3) is 16.6 Å². The molecule has 2 heterocycles. The Morgan fingerprint density at radius 1 is 1.09 bits per heavy atom.